The Kier molecular flexibility index (Phi) is 9.32. The second kappa shape index (κ2) is 12.9. The molecule has 10 heteroatoms. The van der Waals surface area contributed by atoms with Crippen molar-refractivity contribution < 1.29 is 23.8 Å². The van der Waals surface area contributed by atoms with E-state index in [1.54, 1.807) is 27.2 Å². The molecular weight excluding hydrogens is 516 g/mol. The summed E-state index contributed by atoms with van der Waals surface area (Å²) in [6, 6.07) is 14.4. The standard InChI is InChI=1S/C29H34N4O5S/c1-19-26(28(35)38-17-20-9-7-6-8-10-20)27(23-12-11-22(36-4)16-24(23)37-5)33-21(18-39-29(33)31-19)15-25(34)30-13-14-32(2)3/h6-12,16,18,27H,13-15,17H2,1-5H3,(H,30,34). The lowest BCUT2D eigenvalue weighted by Gasteiger charge is -2.36. The first-order valence-corrected chi connectivity index (χ1v) is 13.5. The number of ether oxygens (including phenoxy) is 3. The highest BCUT2D eigenvalue weighted by atomic mass is 32.2. The fourth-order valence-corrected chi connectivity index (χ4v) is 5.38. The Bertz CT molecular complexity index is 1310. The zero-order valence-electron chi connectivity index (χ0n) is 22.9. The van der Waals surface area contributed by atoms with Crippen LogP contribution in [-0.2, 0) is 20.9 Å². The Balaban J connectivity index is 1.68. The normalized spacial score (nSPS) is 16.5. The summed E-state index contributed by atoms with van der Waals surface area (Å²) in [4.78, 5) is 35.2. The van der Waals surface area contributed by atoms with Crippen LogP contribution in [-0.4, -0.2) is 68.2 Å². The number of amidine groups is 1. The number of hydrogen-bond acceptors (Lipinski definition) is 9. The molecule has 0 fully saturated rings. The van der Waals surface area contributed by atoms with Gasteiger partial charge in [-0.3, -0.25) is 4.79 Å². The minimum Gasteiger partial charge on any atom is -0.497 e. The Labute approximate surface area is 233 Å². The number of methoxy groups -OCH3 is 2. The van der Waals surface area contributed by atoms with Gasteiger partial charge in [-0.05, 0) is 44.1 Å². The van der Waals surface area contributed by atoms with E-state index in [0.717, 1.165) is 23.4 Å². The van der Waals surface area contributed by atoms with Crippen LogP contribution in [0.5, 0.6) is 11.5 Å². The molecule has 1 N–H and O–H groups in total. The fourth-order valence-electron chi connectivity index (χ4n) is 4.42. The number of carbonyl (C=O) groups excluding carboxylic acids is 2. The number of likely N-dealkylation sites (N-methyl/N-ethyl adjacent to an activating group) is 1. The van der Waals surface area contributed by atoms with Crippen LogP contribution >= 0.6 is 11.8 Å². The average molecular weight is 551 g/mol. The molecule has 9 nitrogen and oxygen atoms in total. The van der Waals surface area contributed by atoms with E-state index in [9.17, 15) is 9.59 Å². The molecule has 0 saturated heterocycles. The second-order valence-corrected chi connectivity index (χ2v) is 10.2. The quantitative estimate of drug-likeness (QED) is 0.419. The second-order valence-electron chi connectivity index (χ2n) is 9.39. The first kappa shape index (κ1) is 28.3. The fraction of sp³-hybridized carbons (Fsp3) is 0.345. The maximum atomic E-state index is 13.7. The molecule has 0 aliphatic carbocycles. The largest absolute Gasteiger partial charge is 0.497 e. The molecule has 2 aliphatic rings. The molecule has 2 heterocycles. The molecule has 1 atom stereocenters. The molecule has 0 radical (unpaired) electrons. The molecule has 0 saturated carbocycles. The van der Waals surface area contributed by atoms with Crippen LogP contribution in [0, 0.1) is 0 Å². The van der Waals surface area contributed by atoms with Crippen molar-refractivity contribution in [3.8, 4) is 11.5 Å². The van der Waals surface area contributed by atoms with Crippen LogP contribution < -0.4 is 14.8 Å². The van der Waals surface area contributed by atoms with Crippen molar-refractivity contribution in [1.82, 2.24) is 15.1 Å². The van der Waals surface area contributed by atoms with Gasteiger partial charge in [0.15, 0.2) is 5.17 Å². The molecule has 2 aromatic rings. The van der Waals surface area contributed by atoms with Crippen LogP contribution in [0.4, 0.5) is 0 Å². The van der Waals surface area contributed by atoms with Gasteiger partial charge in [0.05, 0.1) is 38.0 Å². The molecule has 1 amide bonds. The predicted octanol–water partition coefficient (Wildman–Crippen LogP) is 4.09. The van der Waals surface area contributed by atoms with Gasteiger partial charge in [0.1, 0.15) is 18.1 Å². The van der Waals surface area contributed by atoms with Gasteiger partial charge in [0.2, 0.25) is 5.91 Å². The molecular formula is C29H34N4O5S. The summed E-state index contributed by atoms with van der Waals surface area (Å²) < 4.78 is 16.9. The van der Waals surface area contributed by atoms with Crippen molar-refractivity contribution in [2.45, 2.75) is 26.0 Å². The maximum absolute atomic E-state index is 13.7. The number of esters is 1. The first-order valence-electron chi connectivity index (χ1n) is 12.6. The van der Waals surface area contributed by atoms with Gasteiger partial charge in [-0.15, -0.1) is 0 Å². The van der Waals surface area contributed by atoms with Crippen LogP contribution in [0.25, 0.3) is 0 Å². The van der Waals surface area contributed by atoms with Crippen LogP contribution in [0.2, 0.25) is 0 Å². The predicted molar refractivity (Wildman–Crippen MR) is 152 cm³/mol. The number of benzene rings is 2. The molecule has 206 valence electrons. The summed E-state index contributed by atoms with van der Waals surface area (Å²) in [6.07, 6.45) is 0.139. The Morgan fingerprint density at radius 2 is 1.87 bits per heavy atom. The highest BCUT2D eigenvalue weighted by molar-refractivity contribution is 8.16. The summed E-state index contributed by atoms with van der Waals surface area (Å²) in [7, 11) is 7.08. The van der Waals surface area contributed by atoms with Crippen molar-refractivity contribution in [2.75, 3.05) is 41.4 Å². The van der Waals surface area contributed by atoms with Gasteiger partial charge in [-0.2, -0.15) is 0 Å². The lowest BCUT2D eigenvalue weighted by atomic mass is 9.93. The molecule has 39 heavy (non-hydrogen) atoms. The van der Waals surface area contributed by atoms with Crippen molar-refractivity contribution >= 4 is 28.8 Å². The van der Waals surface area contributed by atoms with Gasteiger partial charge in [-0.1, -0.05) is 42.1 Å². The van der Waals surface area contributed by atoms with E-state index < -0.39 is 12.0 Å². The van der Waals surface area contributed by atoms with Crippen molar-refractivity contribution in [3.05, 3.63) is 82.0 Å². The molecule has 2 aliphatic heterocycles. The molecule has 0 spiro atoms. The molecule has 1 unspecified atom stereocenters. The molecule has 2 aromatic carbocycles. The minimum atomic E-state index is -0.613. The number of nitrogens with zero attached hydrogens (tertiary/aromatic N) is 3. The monoisotopic (exact) mass is 550 g/mol. The summed E-state index contributed by atoms with van der Waals surface area (Å²) >= 11 is 1.43. The minimum absolute atomic E-state index is 0.107. The van der Waals surface area contributed by atoms with E-state index in [1.807, 2.05) is 71.8 Å². The Morgan fingerprint density at radius 1 is 1.10 bits per heavy atom. The number of fused-ring (bicyclic) bond motifs is 1. The van der Waals surface area contributed by atoms with Gasteiger partial charge >= 0.3 is 5.97 Å². The van der Waals surface area contributed by atoms with Crippen LogP contribution in [0.15, 0.2) is 75.9 Å². The van der Waals surface area contributed by atoms with Gasteiger partial charge in [-0.25, -0.2) is 9.79 Å². The van der Waals surface area contributed by atoms with E-state index in [2.05, 4.69) is 5.32 Å². The first-order chi connectivity index (χ1) is 18.8. The summed E-state index contributed by atoms with van der Waals surface area (Å²) in [5.74, 6) is 0.591. The Hall–Kier alpha value is -3.76. The Morgan fingerprint density at radius 3 is 2.56 bits per heavy atom. The van der Waals surface area contributed by atoms with Gasteiger partial charge in [0, 0.05) is 30.4 Å². The number of amides is 1. The molecule has 0 aromatic heterocycles. The average Bonchev–Trinajstić information content (AvgIpc) is 3.32. The number of allylic oxidation sites excluding steroid dienone is 1. The number of rotatable bonds is 11. The van der Waals surface area contributed by atoms with E-state index >= 15 is 0 Å². The molecule has 0 bridgehead atoms. The summed E-state index contributed by atoms with van der Waals surface area (Å²) in [5, 5.41) is 5.57. The third kappa shape index (κ3) is 6.63. The lowest BCUT2D eigenvalue weighted by molar-refractivity contribution is -0.141. The van der Waals surface area contributed by atoms with Crippen molar-refractivity contribution in [2.24, 2.45) is 4.99 Å². The van der Waals surface area contributed by atoms with E-state index in [4.69, 9.17) is 19.2 Å². The van der Waals surface area contributed by atoms with Gasteiger partial charge in [0.25, 0.3) is 0 Å². The SMILES string of the molecule is COc1ccc(C2C(C(=O)OCc3ccccc3)=C(C)N=C3SC=C(CC(=O)NCCN(C)C)N32)c(OC)c1. The van der Waals surface area contributed by atoms with E-state index in [0.29, 0.717) is 34.5 Å². The number of nitrogens with one attached hydrogen (secondary N) is 1. The van der Waals surface area contributed by atoms with Gasteiger partial charge < -0.3 is 29.3 Å². The van der Waals surface area contributed by atoms with E-state index in [1.165, 1.54) is 11.8 Å². The third-order valence-electron chi connectivity index (χ3n) is 6.39. The lowest BCUT2D eigenvalue weighted by Crippen LogP contribution is -2.38. The van der Waals surface area contributed by atoms with Crippen molar-refractivity contribution in [3.63, 3.8) is 0 Å². The smallest absolute Gasteiger partial charge is 0.338 e. The third-order valence-corrected chi connectivity index (χ3v) is 7.28. The summed E-state index contributed by atoms with van der Waals surface area (Å²) in [5.41, 5.74) is 3.30. The summed E-state index contributed by atoms with van der Waals surface area (Å²) in [6.45, 7) is 3.21. The topological polar surface area (TPSA) is 92.7 Å². The zero-order valence-corrected chi connectivity index (χ0v) is 23.7. The van der Waals surface area contributed by atoms with E-state index in [-0.39, 0.29) is 18.9 Å². The number of hydrogen-bond donors (Lipinski definition) is 1. The highest BCUT2D eigenvalue weighted by Gasteiger charge is 2.42. The molecule has 4 rings (SSSR count). The number of thioether (sulfide) groups is 1. The highest BCUT2D eigenvalue weighted by Crippen LogP contribution is 2.47. The maximum Gasteiger partial charge on any atom is 0.338 e. The zero-order chi connectivity index (χ0) is 27.9. The number of carbonyl (C=O) groups is 2. The number of aliphatic imine (C=N–C) groups is 1. The van der Waals surface area contributed by atoms with Crippen LogP contribution in [0.1, 0.15) is 30.5 Å². The van der Waals surface area contributed by atoms with Crippen LogP contribution in [0.3, 0.4) is 0 Å². The van der Waals surface area contributed by atoms with Crippen molar-refractivity contribution in [1.29, 1.82) is 0 Å².